The standard InChI is InChI=1S/C24H31ClN4O4/c1-2-33-23(32)24-10-14(24)19(20(30)21(24)31)29-11-26-18-15(29)9-16(25)27-22(18)28-17(12-5-3-6-12)13-7-4-8-13/h9,11-14,17,19-21,30-31H,2-8,10H2,1H3,(H,27,28)/t14?,19-,20+,21+,24?/m1/s1. The van der Waals surface area contributed by atoms with Crippen molar-refractivity contribution in [3.63, 3.8) is 0 Å². The van der Waals surface area contributed by atoms with E-state index in [9.17, 15) is 15.0 Å². The number of nitrogens with zero attached hydrogens (tertiary/aromatic N) is 3. The van der Waals surface area contributed by atoms with E-state index in [0.717, 1.165) is 5.52 Å². The number of hydrogen-bond acceptors (Lipinski definition) is 7. The smallest absolute Gasteiger partial charge is 0.315 e. The fraction of sp³-hybridized carbons (Fsp3) is 0.708. The molecular formula is C24H31ClN4O4. The molecule has 2 unspecified atom stereocenters. The van der Waals surface area contributed by atoms with Gasteiger partial charge in [-0.25, -0.2) is 9.97 Å². The highest BCUT2D eigenvalue weighted by Gasteiger charge is 2.76. The molecule has 0 amide bonds. The largest absolute Gasteiger partial charge is 0.465 e. The number of pyridine rings is 1. The second kappa shape index (κ2) is 7.82. The van der Waals surface area contributed by atoms with Gasteiger partial charge in [0.1, 0.15) is 22.2 Å². The van der Waals surface area contributed by atoms with Crippen molar-refractivity contribution in [2.45, 2.75) is 76.2 Å². The van der Waals surface area contributed by atoms with Crippen LogP contribution in [0.1, 0.15) is 57.9 Å². The van der Waals surface area contributed by atoms with E-state index in [1.165, 1.54) is 38.5 Å². The summed E-state index contributed by atoms with van der Waals surface area (Å²) in [5.74, 6) is 1.37. The van der Waals surface area contributed by atoms with Gasteiger partial charge in [-0.15, -0.1) is 0 Å². The number of aliphatic hydroxyl groups is 2. The summed E-state index contributed by atoms with van der Waals surface area (Å²) in [7, 11) is 0. The number of aliphatic hydroxyl groups excluding tert-OH is 2. The Bertz CT molecular complexity index is 1070. The van der Waals surface area contributed by atoms with Crippen molar-refractivity contribution in [1.29, 1.82) is 0 Å². The molecular weight excluding hydrogens is 444 g/mol. The van der Waals surface area contributed by atoms with Crippen molar-refractivity contribution in [3.8, 4) is 0 Å². The van der Waals surface area contributed by atoms with Gasteiger partial charge in [-0.3, -0.25) is 4.79 Å². The van der Waals surface area contributed by atoms with Gasteiger partial charge in [-0.05, 0) is 50.9 Å². The third kappa shape index (κ3) is 3.13. The molecule has 2 aromatic heterocycles. The lowest BCUT2D eigenvalue weighted by Gasteiger charge is -2.43. The summed E-state index contributed by atoms with van der Waals surface area (Å²) in [6, 6.07) is 1.66. The zero-order valence-corrected chi connectivity index (χ0v) is 19.5. The number of carbonyl (C=O) groups is 1. The molecule has 6 rings (SSSR count). The number of halogens is 1. The van der Waals surface area contributed by atoms with Gasteiger partial charge < -0.3 is 24.8 Å². The van der Waals surface area contributed by atoms with Crippen LogP contribution in [0.4, 0.5) is 5.82 Å². The minimum atomic E-state index is -1.17. The minimum Gasteiger partial charge on any atom is -0.465 e. The quantitative estimate of drug-likeness (QED) is 0.417. The molecule has 0 bridgehead atoms. The highest BCUT2D eigenvalue weighted by molar-refractivity contribution is 6.30. The number of ether oxygens (including phenoxy) is 1. The van der Waals surface area contributed by atoms with Gasteiger partial charge in [-0.1, -0.05) is 24.4 Å². The number of aromatic nitrogens is 3. The Hall–Kier alpha value is -1.90. The molecule has 0 spiro atoms. The average molecular weight is 475 g/mol. The van der Waals surface area contributed by atoms with Crippen LogP contribution in [0.15, 0.2) is 12.4 Å². The Balaban J connectivity index is 1.34. The lowest BCUT2D eigenvalue weighted by atomic mass is 9.68. The molecule has 0 radical (unpaired) electrons. The summed E-state index contributed by atoms with van der Waals surface area (Å²) < 4.78 is 7.09. The maximum atomic E-state index is 12.6. The van der Waals surface area contributed by atoms with Crippen LogP contribution in [-0.4, -0.2) is 55.6 Å². The molecule has 4 aliphatic rings. The van der Waals surface area contributed by atoms with E-state index in [2.05, 4.69) is 15.3 Å². The third-order valence-electron chi connectivity index (χ3n) is 8.80. The molecule has 3 N–H and O–H groups in total. The predicted molar refractivity (Wildman–Crippen MR) is 123 cm³/mol. The highest BCUT2D eigenvalue weighted by Crippen LogP contribution is 2.68. The van der Waals surface area contributed by atoms with E-state index in [0.29, 0.717) is 40.8 Å². The second-order valence-electron chi connectivity index (χ2n) is 10.4. The molecule has 8 nitrogen and oxygen atoms in total. The maximum absolute atomic E-state index is 12.6. The van der Waals surface area contributed by atoms with Crippen molar-refractivity contribution < 1.29 is 19.7 Å². The van der Waals surface area contributed by atoms with E-state index < -0.39 is 29.6 Å². The molecule has 2 heterocycles. The zero-order valence-electron chi connectivity index (χ0n) is 18.8. The number of rotatable bonds is 7. The maximum Gasteiger partial charge on any atom is 0.315 e. The number of nitrogens with one attached hydrogen (secondary N) is 1. The molecule has 4 aliphatic carbocycles. The van der Waals surface area contributed by atoms with Crippen molar-refractivity contribution in [3.05, 3.63) is 17.5 Å². The summed E-state index contributed by atoms with van der Waals surface area (Å²) in [6.45, 7) is 1.99. The van der Waals surface area contributed by atoms with Gasteiger partial charge >= 0.3 is 5.97 Å². The van der Waals surface area contributed by atoms with E-state index in [4.69, 9.17) is 16.3 Å². The first-order valence-corrected chi connectivity index (χ1v) is 12.7. The Kier molecular flexibility index (Phi) is 5.12. The molecule has 5 atom stereocenters. The highest BCUT2D eigenvalue weighted by atomic mass is 35.5. The van der Waals surface area contributed by atoms with E-state index in [-0.39, 0.29) is 12.5 Å². The molecule has 2 aromatic rings. The van der Waals surface area contributed by atoms with E-state index >= 15 is 0 Å². The minimum absolute atomic E-state index is 0.208. The van der Waals surface area contributed by atoms with Crippen LogP contribution in [0.5, 0.6) is 0 Å². The van der Waals surface area contributed by atoms with Crippen molar-refractivity contribution >= 4 is 34.4 Å². The zero-order chi connectivity index (χ0) is 22.9. The molecule has 4 saturated carbocycles. The van der Waals surface area contributed by atoms with E-state index in [1.54, 1.807) is 19.3 Å². The first-order chi connectivity index (χ1) is 16.0. The fourth-order valence-electron chi connectivity index (χ4n) is 6.49. The first kappa shape index (κ1) is 21.6. The predicted octanol–water partition coefficient (Wildman–Crippen LogP) is 3.31. The fourth-order valence-corrected chi connectivity index (χ4v) is 6.68. The normalized spacial score (nSPS) is 33.6. The first-order valence-electron chi connectivity index (χ1n) is 12.3. The summed E-state index contributed by atoms with van der Waals surface area (Å²) >= 11 is 6.45. The number of carbonyl (C=O) groups excluding carboxylic acids is 1. The molecule has 0 aliphatic heterocycles. The lowest BCUT2D eigenvalue weighted by molar-refractivity contribution is -0.156. The van der Waals surface area contributed by atoms with Crippen LogP contribution in [0.25, 0.3) is 11.0 Å². The Morgan fingerprint density at radius 2 is 2.00 bits per heavy atom. The summed E-state index contributed by atoms with van der Waals surface area (Å²) in [4.78, 5) is 21.8. The molecule has 4 fully saturated rings. The van der Waals surface area contributed by atoms with Gasteiger partial charge in [-0.2, -0.15) is 0 Å². The number of fused-ring (bicyclic) bond motifs is 2. The van der Waals surface area contributed by atoms with Gasteiger partial charge in [0.2, 0.25) is 0 Å². The van der Waals surface area contributed by atoms with Gasteiger partial charge in [0.15, 0.2) is 5.82 Å². The molecule has 0 saturated heterocycles. The van der Waals surface area contributed by atoms with Gasteiger partial charge in [0, 0.05) is 18.0 Å². The van der Waals surface area contributed by atoms with Crippen LogP contribution >= 0.6 is 11.6 Å². The lowest BCUT2D eigenvalue weighted by Crippen LogP contribution is -2.42. The summed E-state index contributed by atoms with van der Waals surface area (Å²) in [6.07, 6.45) is 7.46. The second-order valence-corrected chi connectivity index (χ2v) is 10.7. The van der Waals surface area contributed by atoms with Gasteiger partial charge in [0.25, 0.3) is 0 Å². The van der Waals surface area contributed by atoms with Gasteiger partial charge in [0.05, 0.1) is 30.6 Å². The van der Waals surface area contributed by atoms with Crippen molar-refractivity contribution in [2.24, 2.45) is 23.2 Å². The Morgan fingerprint density at radius 1 is 1.30 bits per heavy atom. The molecule has 33 heavy (non-hydrogen) atoms. The Labute approximate surface area is 197 Å². The Morgan fingerprint density at radius 3 is 2.61 bits per heavy atom. The third-order valence-corrected chi connectivity index (χ3v) is 8.99. The number of imidazole rings is 1. The van der Waals surface area contributed by atoms with Crippen molar-refractivity contribution in [2.75, 3.05) is 11.9 Å². The SMILES string of the molecule is CCOC(=O)C12CC1[C@@H](n1cnc3c(NC(C4CCC4)C4CCC4)nc(Cl)cc31)[C@H](O)[C@@H]2O. The van der Waals surface area contributed by atoms with Crippen LogP contribution in [0.2, 0.25) is 5.15 Å². The van der Waals surface area contributed by atoms with Crippen LogP contribution in [0, 0.1) is 23.2 Å². The number of hydrogen-bond donors (Lipinski definition) is 3. The summed E-state index contributed by atoms with van der Waals surface area (Å²) in [5, 5.41) is 25.7. The van der Waals surface area contributed by atoms with Crippen molar-refractivity contribution in [1.82, 2.24) is 14.5 Å². The van der Waals surface area contributed by atoms with Crippen LogP contribution in [0.3, 0.4) is 0 Å². The number of esters is 1. The van der Waals surface area contributed by atoms with E-state index in [1.807, 2.05) is 4.57 Å². The average Bonchev–Trinajstić information content (AvgIpc) is 3.24. The topological polar surface area (TPSA) is 110 Å². The molecule has 9 heteroatoms. The monoisotopic (exact) mass is 474 g/mol. The number of anilines is 1. The molecule has 0 aromatic carbocycles. The van der Waals surface area contributed by atoms with Crippen LogP contribution < -0.4 is 5.32 Å². The van der Waals surface area contributed by atoms with Crippen LogP contribution in [-0.2, 0) is 9.53 Å². The molecule has 178 valence electrons. The summed E-state index contributed by atoms with van der Waals surface area (Å²) in [5.41, 5.74) is 0.425.